The monoisotopic (exact) mass is 337 g/mol. The molecule has 0 saturated carbocycles. The largest absolute Gasteiger partial charge is 0.493 e. The molecule has 4 nitrogen and oxygen atoms in total. The van der Waals surface area contributed by atoms with Crippen LogP contribution in [0.1, 0.15) is 32.8 Å². The summed E-state index contributed by atoms with van der Waals surface area (Å²) >= 11 is 0. The number of H-pyrrole nitrogens is 1. The second-order valence-corrected chi connectivity index (χ2v) is 6.23. The predicted molar refractivity (Wildman–Crippen MR) is 104 cm³/mol. The molecule has 0 saturated heterocycles. The number of fused-ring (bicyclic) bond motifs is 1. The van der Waals surface area contributed by atoms with Crippen LogP contribution in [0.2, 0.25) is 0 Å². The van der Waals surface area contributed by atoms with Crippen LogP contribution in [-0.2, 0) is 6.54 Å². The van der Waals surface area contributed by atoms with E-state index in [9.17, 15) is 0 Å². The maximum atomic E-state index is 5.97. The Morgan fingerprint density at radius 2 is 1.84 bits per heavy atom. The number of hydrogen-bond donors (Lipinski definition) is 1. The lowest BCUT2D eigenvalue weighted by molar-refractivity contribution is 0.277. The first-order valence-electron chi connectivity index (χ1n) is 9.18. The molecule has 0 amide bonds. The van der Waals surface area contributed by atoms with E-state index in [0.717, 1.165) is 60.8 Å². The highest BCUT2D eigenvalue weighted by molar-refractivity contribution is 5.79. The number of nitrogens with one attached hydrogen (secondary N) is 1. The van der Waals surface area contributed by atoms with Gasteiger partial charge in [-0.25, -0.2) is 4.98 Å². The van der Waals surface area contributed by atoms with Crippen molar-refractivity contribution in [3.8, 4) is 17.1 Å². The van der Waals surface area contributed by atoms with Crippen molar-refractivity contribution in [2.75, 3.05) is 19.7 Å². The number of benzene rings is 2. The Balaban J connectivity index is 1.96. The Hall–Kier alpha value is -2.33. The Bertz CT molecular complexity index is 788. The molecule has 1 N–H and O–H groups in total. The number of imidazole rings is 1. The molecule has 1 aromatic heterocycles. The highest BCUT2D eigenvalue weighted by Gasteiger charge is 2.12. The number of aromatic nitrogens is 2. The quantitative estimate of drug-likeness (QED) is 0.638. The van der Waals surface area contributed by atoms with E-state index in [-0.39, 0.29) is 0 Å². The zero-order valence-electron chi connectivity index (χ0n) is 15.4. The summed E-state index contributed by atoms with van der Waals surface area (Å²) in [5.74, 6) is 1.89. The second kappa shape index (κ2) is 8.17. The maximum Gasteiger partial charge on any atom is 0.138 e. The van der Waals surface area contributed by atoms with Gasteiger partial charge in [0.15, 0.2) is 0 Å². The standard InChI is InChI=1S/C21H27N3O/c1-4-13-25-20-12-11-16(14-17(20)15-24(5-2)6-3)21-22-18-9-7-8-10-19(18)23-21/h7-12,14H,4-6,13,15H2,1-3H3,(H,22,23). The summed E-state index contributed by atoms with van der Waals surface area (Å²) in [5.41, 5.74) is 4.38. The molecule has 1 heterocycles. The minimum absolute atomic E-state index is 0.745. The Morgan fingerprint density at radius 3 is 2.56 bits per heavy atom. The molecule has 0 radical (unpaired) electrons. The van der Waals surface area contributed by atoms with Crippen molar-refractivity contribution < 1.29 is 4.74 Å². The number of ether oxygens (including phenoxy) is 1. The first-order valence-corrected chi connectivity index (χ1v) is 9.18. The van der Waals surface area contributed by atoms with Crippen LogP contribution in [0.4, 0.5) is 0 Å². The van der Waals surface area contributed by atoms with Gasteiger partial charge in [-0.2, -0.15) is 0 Å². The van der Waals surface area contributed by atoms with Gasteiger partial charge < -0.3 is 9.72 Å². The van der Waals surface area contributed by atoms with Crippen LogP contribution in [0.3, 0.4) is 0 Å². The number of rotatable bonds is 8. The van der Waals surface area contributed by atoms with E-state index in [2.05, 4.69) is 54.9 Å². The van der Waals surface area contributed by atoms with Gasteiger partial charge in [0.25, 0.3) is 0 Å². The molecule has 0 fully saturated rings. The van der Waals surface area contributed by atoms with Crippen LogP contribution in [0.5, 0.6) is 5.75 Å². The lowest BCUT2D eigenvalue weighted by Crippen LogP contribution is -2.22. The number of para-hydroxylation sites is 2. The number of nitrogens with zero attached hydrogens (tertiary/aromatic N) is 2. The molecule has 0 aliphatic carbocycles. The van der Waals surface area contributed by atoms with E-state index in [1.807, 2.05) is 18.2 Å². The summed E-state index contributed by atoms with van der Waals surface area (Å²) in [5, 5.41) is 0. The molecule has 4 heteroatoms. The topological polar surface area (TPSA) is 41.1 Å². The summed E-state index contributed by atoms with van der Waals surface area (Å²) in [6, 6.07) is 14.5. The summed E-state index contributed by atoms with van der Waals surface area (Å²) in [7, 11) is 0. The normalized spacial score (nSPS) is 11.4. The van der Waals surface area contributed by atoms with Crippen molar-refractivity contribution in [1.29, 1.82) is 0 Å². The van der Waals surface area contributed by atoms with Gasteiger partial charge in [0, 0.05) is 17.7 Å². The fourth-order valence-electron chi connectivity index (χ4n) is 2.98. The zero-order chi connectivity index (χ0) is 17.6. The maximum absolute atomic E-state index is 5.97. The fourth-order valence-corrected chi connectivity index (χ4v) is 2.98. The molecule has 3 rings (SSSR count). The molecule has 0 aliphatic rings. The molecule has 0 spiro atoms. The van der Waals surface area contributed by atoms with E-state index in [1.165, 1.54) is 5.56 Å². The van der Waals surface area contributed by atoms with Crippen LogP contribution in [-0.4, -0.2) is 34.6 Å². The summed E-state index contributed by atoms with van der Waals surface area (Å²) in [4.78, 5) is 10.5. The molecule has 3 aromatic rings. The van der Waals surface area contributed by atoms with Gasteiger partial charge in [-0.15, -0.1) is 0 Å². The van der Waals surface area contributed by atoms with Crippen LogP contribution in [0.25, 0.3) is 22.4 Å². The molecule has 0 aliphatic heterocycles. The van der Waals surface area contributed by atoms with Gasteiger partial charge in [-0.05, 0) is 49.8 Å². The highest BCUT2D eigenvalue weighted by atomic mass is 16.5. The summed E-state index contributed by atoms with van der Waals surface area (Å²) < 4.78 is 5.97. The molecular weight excluding hydrogens is 310 g/mol. The molecule has 0 unspecified atom stereocenters. The average Bonchev–Trinajstić information content (AvgIpc) is 3.09. The molecule has 0 atom stereocenters. The molecule has 25 heavy (non-hydrogen) atoms. The second-order valence-electron chi connectivity index (χ2n) is 6.23. The van der Waals surface area contributed by atoms with Crippen LogP contribution in [0, 0.1) is 0 Å². The zero-order valence-corrected chi connectivity index (χ0v) is 15.4. The van der Waals surface area contributed by atoms with Crippen molar-refractivity contribution in [2.45, 2.75) is 33.7 Å². The van der Waals surface area contributed by atoms with Gasteiger partial charge in [0.1, 0.15) is 11.6 Å². The first-order chi connectivity index (χ1) is 12.2. The van der Waals surface area contributed by atoms with Gasteiger partial charge in [0.05, 0.1) is 17.6 Å². The van der Waals surface area contributed by atoms with Crippen molar-refractivity contribution in [3.05, 3.63) is 48.0 Å². The van der Waals surface area contributed by atoms with Crippen LogP contribution in [0.15, 0.2) is 42.5 Å². The Morgan fingerprint density at radius 1 is 1.04 bits per heavy atom. The lowest BCUT2D eigenvalue weighted by Gasteiger charge is -2.20. The minimum Gasteiger partial charge on any atom is -0.493 e. The van der Waals surface area contributed by atoms with Gasteiger partial charge in [-0.1, -0.05) is 32.9 Å². The van der Waals surface area contributed by atoms with E-state index in [1.54, 1.807) is 0 Å². The average molecular weight is 337 g/mol. The van der Waals surface area contributed by atoms with E-state index in [0.29, 0.717) is 0 Å². The van der Waals surface area contributed by atoms with Crippen molar-refractivity contribution in [2.24, 2.45) is 0 Å². The van der Waals surface area contributed by atoms with Gasteiger partial charge >= 0.3 is 0 Å². The van der Waals surface area contributed by atoms with Crippen LogP contribution >= 0.6 is 0 Å². The number of aromatic amines is 1. The van der Waals surface area contributed by atoms with E-state index >= 15 is 0 Å². The third kappa shape index (κ3) is 4.02. The van der Waals surface area contributed by atoms with Gasteiger partial charge in [-0.3, -0.25) is 4.90 Å². The smallest absolute Gasteiger partial charge is 0.138 e. The van der Waals surface area contributed by atoms with E-state index < -0.39 is 0 Å². The van der Waals surface area contributed by atoms with Crippen molar-refractivity contribution in [3.63, 3.8) is 0 Å². The SMILES string of the molecule is CCCOc1ccc(-c2nc3ccccc3[nH]2)cc1CN(CC)CC. The fraction of sp³-hybridized carbons (Fsp3) is 0.381. The Labute approximate surface area is 149 Å². The van der Waals surface area contributed by atoms with Gasteiger partial charge in [0.2, 0.25) is 0 Å². The third-order valence-electron chi connectivity index (χ3n) is 4.47. The Kier molecular flexibility index (Phi) is 5.71. The lowest BCUT2D eigenvalue weighted by atomic mass is 10.1. The third-order valence-corrected chi connectivity index (χ3v) is 4.47. The molecule has 2 aromatic carbocycles. The molecular formula is C21H27N3O. The summed E-state index contributed by atoms with van der Waals surface area (Å²) in [6.45, 7) is 10.2. The summed E-state index contributed by atoms with van der Waals surface area (Å²) in [6.07, 6.45) is 1.01. The van der Waals surface area contributed by atoms with E-state index in [4.69, 9.17) is 9.72 Å². The highest BCUT2D eigenvalue weighted by Crippen LogP contribution is 2.28. The number of hydrogen-bond acceptors (Lipinski definition) is 3. The molecule has 132 valence electrons. The molecule has 0 bridgehead atoms. The minimum atomic E-state index is 0.745. The predicted octanol–water partition coefficient (Wildman–Crippen LogP) is 4.86. The van der Waals surface area contributed by atoms with Crippen molar-refractivity contribution >= 4 is 11.0 Å². The first kappa shape index (κ1) is 17.5. The van der Waals surface area contributed by atoms with Crippen molar-refractivity contribution in [1.82, 2.24) is 14.9 Å². The van der Waals surface area contributed by atoms with Crippen LogP contribution < -0.4 is 4.74 Å².